The van der Waals surface area contributed by atoms with E-state index >= 15 is 0 Å². The van der Waals surface area contributed by atoms with Crippen molar-refractivity contribution in [2.75, 3.05) is 33.1 Å². The Bertz CT molecular complexity index is 2860. The van der Waals surface area contributed by atoms with Crippen LogP contribution < -0.4 is 20.1 Å². The van der Waals surface area contributed by atoms with Gasteiger partial charge in [-0.05, 0) is 94.3 Å². The summed E-state index contributed by atoms with van der Waals surface area (Å²) in [6.45, 7) is 6.73. The number of hydrogen-bond donors (Lipinski definition) is 2. The van der Waals surface area contributed by atoms with Gasteiger partial charge in [0.25, 0.3) is 0 Å². The minimum atomic E-state index is -0.574. The second kappa shape index (κ2) is 22.0. The molecule has 0 spiro atoms. The van der Waals surface area contributed by atoms with E-state index in [1.807, 2.05) is 115 Å². The van der Waals surface area contributed by atoms with E-state index in [0.29, 0.717) is 70.8 Å². The maximum absolute atomic E-state index is 13.4. The summed E-state index contributed by atoms with van der Waals surface area (Å²) in [6, 6.07) is 26.0. The summed E-state index contributed by atoms with van der Waals surface area (Å²) in [5.74, 6) is 4.32. The molecule has 2 aromatic heterocycles. The first kappa shape index (κ1) is 47.8. The maximum Gasteiger partial charge on any atom is 0.222 e. The van der Waals surface area contributed by atoms with Crippen molar-refractivity contribution in [2.45, 2.75) is 89.1 Å². The summed E-state index contributed by atoms with van der Waals surface area (Å²) < 4.78 is 15.1. The van der Waals surface area contributed by atoms with Crippen LogP contribution in [0.5, 0.6) is 11.5 Å². The molecule has 4 heterocycles. The van der Waals surface area contributed by atoms with Gasteiger partial charge >= 0.3 is 0 Å². The molecule has 4 aromatic carbocycles. The van der Waals surface area contributed by atoms with Crippen LogP contribution in [0.3, 0.4) is 0 Å². The zero-order valence-corrected chi connectivity index (χ0v) is 40.5. The summed E-state index contributed by atoms with van der Waals surface area (Å²) in [7, 11) is 3.26. The number of carbonyl (C=O) groups excluding carboxylic acids is 3. The van der Waals surface area contributed by atoms with E-state index in [0.717, 1.165) is 76.3 Å². The van der Waals surface area contributed by atoms with Gasteiger partial charge in [0.05, 0.1) is 55.6 Å². The van der Waals surface area contributed by atoms with Crippen molar-refractivity contribution in [3.8, 4) is 22.9 Å². The van der Waals surface area contributed by atoms with Crippen molar-refractivity contribution in [1.82, 2.24) is 40.2 Å². The number of Topliss-reactive ketones (excluding diaryl/α,β-unsaturated/α-hetero) is 1. The van der Waals surface area contributed by atoms with Gasteiger partial charge in [0.15, 0.2) is 11.6 Å². The molecule has 17 heteroatoms. The number of aromatic nitrogens is 6. The van der Waals surface area contributed by atoms with Crippen molar-refractivity contribution in [1.29, 1.82) is 0 Å². The number of ketones is 1. The normalized spacial score (nSPS) is 14.8. The number of aliphatic imine (C=N–C) groups is 2. The molecule has 0 radical (unpaired) electrons. The molecule has 2 N–H and O–H groups in total. The number of aryl methyl sites for hydroxylation is 2. The summed E-state index contributed by atoms with van der Waals surface area (Å²) in [5, 5.41) is 24.3. The van der Waals surface area contributed by atoms with Crippen LogP contribution in [0.25, 0.3) is 11.4 Å². The molecule has 2 aliphatic rings. The number of rotatable bonds is 20. The van der Waals surface area contributed by atoms with Gasteiger partial charge < -0.3 is 20.1 Å². The van der Waals surface area contributed by atoms with E-state index in [1.165, 1.54) is 11.8 Å². The molecule has 0 aliphatic carbocycles. The highest BCUT2D eigenvalue weighted by molar-refractivity contribution is 8.00. The van der Waals surface area contributed by atoms with Crippen LogP contribution in [0.1, 0.15) is 116 Å². The quantitative estimate of drug-likeness (QED) is 0.0556. The van der Waals surface area contributed by atoms with E-state index in [4.69, 9.17) is 31.1 Å². The number of amides is 2. The zero-order valence-electron chi connectivity index (χ0n) is 38.9. The Balaban J connectivity index is 0.803. The van der Waals surface area contributed by atoms with Crippen LogP contribution in [0.4, 0.5) is 0 Å². The number of halogens is 1. The third-order valence-corrected chi connectivity index (χ3v) is 13.3. The molecular formula is C51H55ClN10O5S. The minimum Gasteiger partial charge on any atom is -0.497 e. The molecule has 0 unspecified atom stereocenters. The van der Waals surface area contributed by atoms with Crippen molar-refractivity contribution >= 4 is 52.4 Å². The van der Waals surface area contributed by atoms with E-state index in [9.17, 15) is 14.4 Å². The lowest BCUT2D eigenvalue weighted by Crippen LogP contribution is -2.26. The summed E-state index contributed by atoms with van der Waals surface area (Å²) >= 11 is 7.77. The third kappa shape index (κ3) is 10.9. The molecule has 0 bridgehead atoms. The largest absolute Gasteiger partial charge is 0.497 e. The van der Waals surface area contributed by atoms with E-state index in [-0.39, 0.29) is 30.4 Å². The first-order chi connectivity index (χ1) is 33.0. The van der Waals surface area contributed by atoms with Crippen molar-refractivity contribution < 1.29 is 23.9 Å². The topological polar surface area (TPSA) is 180 Å². The molecule has 68 heavy (non-hydrogen) atoms. The van der Waals surface area contributed by atoms with Crippen LogP contribution in [0.15, 0.2) is 99.8 Å². The van der Waals surface area contributed by atoms with Gasteiger partial charge in [-0.25, -0.2) is 0 Å². The highest BCUT2D eigenvalue weighted by Crippen LogP contribution is 2.36. The van der Waals surface area contributed by atoms with Crippen LogP contribution in [0, 0.1) is 13.8 Å². The number of benzene rings is 4. The molecule has 0 saturated carbocycles. The standard InChI is InChI=1S/C51H55ClN10O5S/c1-6-53-46(64)28-42-50-59-57-31(2)61(50)45-24-20-38(67-5)27-41(45)49(55-42)34-15-21-39(22-16-34)68-30-36(63)12-10-8-7-9-11-25-54-47(65)29-43-51-60-58-32(3)62(51)44-23-19-37(66-4)26-40(44)48(56-43)33-13-17-35(52)18-14-33/h13-24,26-27,42-43H,6-12,25,28-30H2,1-5H3,(H,53,64)(H,54,65)/t42-,43-/m0/s1. The Hall–Kier alpha value is -6.65. The van der Waals surface area contributed by atoms with Gasteiger partial charge in [0.1, 0.15) is 41.0 Å². The number of thioether (sulfide) groups is 1. The van der Waals surface area contributed by atoms with Crippen LogP contribution in [0.2, 0.25) is 5.02 Å². The highest BCUT2D eigenvalue weighted by Gasteiger charge is 2.32. The number of unbranched alkanes of at least 4 members (excludes halogenated alkanes) is 4. The van der Waals surface area contributed by atoms with Crippen molar-refractivity contribution in [3.63, 3.8) is 0 Å². The van der Waals surface area contributed by atoms with E-state index in [2.05, 4.69) is 31.0 Å². The molecule has 2 amide bonds. The van der Waals surface area contributed by atoms with Gasteiger partial charge in [-0.15, -0.1) is 32.2 Å². The monoisotopic (exact) mass is 954 g/mol. The predicted octanol–water partition coefficient (Wildman–Crippen LogP) is 8.65. The van der Waals surface area contributed by atoms with Crippen molar-refractivity contribution in [2.24, 2.45) is 9.98 Å². The summed E-state index contributed by atoms with van der Waals surface area (Å²) in [4.78, 5) is 50.5. The molecule has 6 aromatic rings. The Kier molecular flexibility index (Phi) is 15.5. The third-order valence-electron chi connectivity index (χ3n) is 12.0. The minimum absolute atomic E-state index is 0.107. The molecule has 2 atom stereocenters. The molecule has 0 saturated heterocycles. The number of fused-ring (bicyclic) bond motifs is 6. The molecule has 8 rings (SSSR count). The van der Waals surface area contributed by atoms with E-state index < -0.39 is 12.1 Å². The Morgan fingerprint density at radius 1 is 0.647 bits per heavy atom. The number of carbonyl (C=O) groups is 3. The van der Waals surface area contributed by atoms with Gasteiger partial charge in [0, 0.05) is 51.7 Å². The molecule has 2 aliphatic heterocycles. The fourth-order valence-electron chi connectivity index (χ4n) is 8.59. The molecular weight excluding hydrogens is 900 g/mol. The number of methoxy groups -OCH3 is 2. The highest BCUT2D eigenvalue weighted by atomic mass is 35.5. The first-order valence-corrected chi connectivity index (χ1v) is 24.3. The Morgan fingerprint density at radius 2 is 1.15 bits per heavy atom. The number of nitrogens with zero attached hydrogens (tertiary/aromatic N) is 8. The SMILES string of the molecule is CCNC(=O)C[C@@H]1N=C(c2ccc(SCC(=O)CCCCCCCNC(=O)C[C@@H]3N=C(c4ccc(Cl)cc4)c4cc(OC)ccc4-n4c(C)nnc43)cc2)c2cc(OC)ccc2-n2c(C)nnc21. The lowest BCUT2D eigenvalue weighted by atomic mass is 10.00. The Labute approximate surface area is 405 Å². The van der Waals surface area contributed by atoms with Gasteiger partial charge in [-0.1, -0.05) is 55.1 Å². The zero-order chi connectivity index (χ0) is 47.7. The Morgan fingerprint density at radius 3 is 1.68 bits per heavy atom. The van der Waals surface area contributed by atoms with Crippen LogP contribution in [-0.2, 0) is 14.4 Å². The number of hydrogen-bond acceptors (Lipinski definition) is 12. The number of nitrogens with one attached hydrogen (secondary N) is 2. The predicted molar refractivity (Wildman–Crippen MR) is 264 cm³/mol. The smallest absolute Gasteiger partial charge is 0.222 e. The number of ether oxygens (including phenoxy) is 2. The van der Waals surface area contributed by atoms with Gasteiger partial charge in [-0.3, -0.25) is 33.5 Å². The van der Waals surface area contributed by atoms with Gasteiger partial charge in [-0.2, -0.15) is 0 Å². The average Bonchev–Trinajstić information content (AvgIpc) is 3.85. The average molecular weight is 956 g/mol. The maximum atomic E-state index is 13.4. The van der Waals surface area contributed by atoms with Crippen LogP contribution >= 0.6 is 23.4 Å². The fourth-order valence-corrected chi connectivity index (χ4v) is 9.52. The molecule has 15 nitrogen and oxygen atoms in total. The van der Waals surface area contributed by atoms with Gasteiger partial charge in [0.2, 0.25) is 11.8 Å². The van der Waals surface area contributed by atoms with Crippen LogP contribution in [-0.4, -0.2) is 91.6 Å². The van der Waals surface area contributed by atoms with Crippen molar-refractivity contribution in [3.05, 3.63) is 136 Å². The first-order valence-electron chi connectivity index (χ1n) is 23.0. The fraction of sp³-hybridized carbons (Fsp3) is 0.353. The molecule has 0 fully saturated rings. The lowest BCUT2D eigenvalue weighted by Gasteiger charge is -2.14. The molecule has 352 valence electrons. The second-order valence-corrected chi connectivity index (χ2v) is 18.2. The lowest BCUT2D eigenvalue weighted by molar-refractivity contribution is -0.122. The van der Waals surface area contributed by atoms with E-state index in [1.54, 1.807) is 14.2 Å². The summed E-state index contributed by atoms with van der Waals surface area (Å²) in [5.41, 5.74) is 6.57. The second-order valence-electron chi connectivity index (χ2n) is 16.7. The summed E-state index contributed by atoms with van der Waals surface area (Å²) in [6.07, 6.45) is 5.26.